The van der Waals surface area contributed by atoms with E-state index >= 15 is 0 Å². The summed E-state index contributed by atoms with van der Waals surface area (Å²) in [4.78, 5) is 16.6. The summed E-state index contributed by atoms with van der Waals surface area (Å²) in [5, 5.41) is 2.15. The zero-order valence-electron chi connectivity index (χ0n) is 4.95. The maximum absolute atomic E-state index is 10.1. The summed E-state index contributed by atoms with van der Waals surface area (Å²) in [6.45, 7) is 0.463. The molecule has 1 rings (SSSR count). The normalized spacial score (nSPS) is 20.2. The molecule has 3 N–H and O–H groups in total. The lowest BCUT2D eigenvalue weighted by Gasteiger charge is -2.02. The van der Waals surface area contributed by atoms with E-state index in [-0.39, 0.29) is 0 Å². The lowest BCUT2D eigenvalue weighted by Crippen LogP contribution is -2.12. The Kier molecular flexibility index (Phi) is 1.91. The standard InChI is InChI=1S/C4H10NO3P/c6-9(7,8)5-3-4-1-2-4/h4H,1-3H2,(H3,5,6,7,8). The van der Waals surface area contributed by atoms with E-state index in [2.05, 4.69) is 5.09 Å². The zero-order valence-corrected chi connectivity index (χ0v) is 5.84. The van der Waals surface area contributed by atoms with Gasteiger partial charge in [-0.05, 0) is 18.8 Å². The lowest BCUT2D eigenvalue weighted by atomic mass is 10.4. The van der Waals surface area contributed by atoms with Gasteiger partial charge in [0.1, 0.15) is 0 Å². The largest absolute Gasteiger partial charge is 0.400 e. The molecule has 54 valence electrons. The first-order valence-corrected chi connectivity index (χ1v) is 4.50. The molecule has 0 unspecified atom stereocenters. The van der Waals surface area contributed by atoms with E-state index < -0.39 is 7.75 Å². The van der Waals surface area contributed by atoms with Crippen molar-refractivity contribution in [1.82, 2.24) is 5.09 Å². The third-order valence-corrected chi connectivity index (χ3v) is 1.88. The average molecular weight is 151 g/mol. The van der Waals surface area contributed by atoms with Gasteiger partial charge < -0.3 is 9.79 Å². The van der Waals surface area contributed by atoms with Crippen molar-refractivity contribution in [1.29, 1.82) is 0 Å². The minimum Gasteiger partial charge on any atom is -0.313 e. The van der Waals surface area contributed by atoms with E-state index in [0.717, 1.165) is 12.8 Å². The van der Waals surface area contributed by atoms with Crippen LogP contribution in [0.3, 0.4) is 0 Å². The highest BCUT2D eigenvalue weighted by Gasteiger charge is 2.24. The van der Waals surface area contributed by atoms with Crippen molar-refractivity contribution in [2.24, 2.45) is 5.92 Å². The highest BCUT2D eigenvalue weighted by molar-refractivity contribution is 7.49. The fourth-order valence-corrected chi connectivity index (χ4v) is 1.07. The zero-order chi connectivity index (χ0) is 6.91. The summed E-state index contributed by atoms with van der Waals surface area (Å²) >= 11 is 0. The highest BCUT2D eigenvalue weighted by Crippen LogP contribution is 2.33. The van der Waals surface area contributed by atoms with Crippen LogP contribution in [-0.2, 0) is 4.57 Å². The molecule has 0 saturated heterocycles. The van der Waals surface area contributed by atoms with Crippen molar-refractivity contribution in [3.05, 3.63) is 0 Å². The van der Waals surface area contributed by atoms with Gasteiger partial charge in [-0.2, -0.15) is 0 Å². The molecule has 0 aliphatic heterocycles. The van der Waals surface area contributed by atoms with Crippen LogP contribution in [0.2, 0.25) is 0 Å². The second kappa shape index (κ2) is 2.39. The van der Waals surface area contributed by atoms with Crippen molar-refractivity contribution < 1.29 is 14.4 Å². The molecule has 9 heavy (non-hydrogen) atoms. The van der Waals surface area contributed by atoms with Gasteiger partial charge in [-0.15, -0.1) is 0 Å². The van der Waals surface area contributed by atoms with Gasteiger partial charge in [0.05, 0.1) is 0 Å². The molecule has 0 aromatic carbocycles. The van der Waals surface area contributed by atoms with E-state index in [9.17, 15) is 4.57 Å². The molecule has 5 heteroatoms. The van der Waals surface area contributed by atoms with Gasteiger partial charge in [0.2, 0.25) is 0 Å². The van der Waals surface area contributed by atoms with Crippen molar-refractivity contribution in [3.8, 4) is 0 Å². The summed E-state index contributed by atoms with van der Waals surface area (Å²) in [6.07, 6.45) is 2.21. The Morgan fingerprint density at radius 1 is 1.56 bits per heavy atom. The van der Waals surface area contributed by atoms with Crippen LogP contribution in [0.5, 0.6) is 0 Å². The summed E-state index contributed by atoms with van der Waals surface area (Å²) in [5.41, 5.74) is 0. The fraction of sp³-hybridized carbons (Fsp3) is 1.00. The van der Waals surface area contributed by atoms with Gasteiger partial charge in [0, 0.05) is 6.54 Å². The van der Waals surface area contributed by atoms with Gasteiger partial charge >= 0.3 is 7.75 Å². The molecular formula is C4H10NO3P. The minimum absolute atomic E-state index is 0.463. The number of hydrogen-bond acceptors (Lipinski definition) is 1. The predicted molar refractivity (Wildman–Crippen MR) is 32.8 cm³/mol. The molecule has 4 nitrogen and oxygen atoms in total. The first-order valence-electron chi connectivity index (χ1n) is 2.88. The van der Waals surface area contributed by atoms with E-state index in [1.165, 1.54) is 0 Å². The van der Waals surface area contributed by atoms with Gasteiger partial charge in [0.15, 0.2) is 0 Å². The molecule has 0 atom stereocenters. The Labute approximate surface area is 53.5 Å². The van der Waals surface area contributed by atoms with Crippen molar-refractivity contribution >= 4 is 7.75 Å². The molecule has 1 saturated carbocycles. The molecule has 1 aliphatic rings. The van der Waals surface area contributed by atoms with Crippen molar-refractivity contribution in [2.75, 3.05) is 6.54 Å². The highest BCUT2D eigenvalue weighted by atomic mass is 31.2. The Hall–Kier alpha value is 0.110. The molecule has 0 bridgehead atoms. The van der Waals surface area contributed by atoms with E-state index in [0.29, 0.717) is 12.5 Å². The summed E-state index contributed by atoms with van der Waals surface area (Å²) in [5.74, 6) is 0.512. The van der Waals surface area contributed by atoms with Crippen LogP contribution in [0.1, 0.15) is 12.8 Å². The Morgan fingerprint density at radius 2 is 2.11 bits per heavy atom. The second-order valence-corrected chi connectivity index (χ2v) is 3.75. The molecule has 1 aliphatic carbocycles. The molecule has 0 heterocycles. The third-order valence-electron chi connectivity index (χ3n) is 1.28. The number of nitrogens with one attached hydrogen (secondary N) is 1. The van der Waals surface area contributed by atoms with Crippen LogP contribution in [0.15, 0.2) is 0 Å². The first kappa shape index (κ1) is 7.22. The quantitative estimate of drug-likeness (QED) is 0.499. The van der Waals surface area contributed by atoms with E-state index in [1.807, 2.05) is 0 Å². The van der Waals surface area contributed by atoms with Crippen LogP contribution >= 0.6 is 7.75 Å². The van der Waals surface area contributed by atoms with Gasteiger partial charge in [-0.25, -0.2) is 9.65 Å². The van der Waals surface area contributed by atoms with E-state index in [1.54, 1.807) is 0 Å². The van der Waals surface area contributed by atoms with Crippen LogP contribution in [-0.4, -0.2) is 16.3 Å². The maximum Gasteiger partial charge on any atom is 0.400 e. The van der Waals surface area contributed by atoms with E-state index in [4.69, 9.17) is 9.79 Å². The summed E-state index contributed by atoms with van der Waals surface area (Å²) in [6, 6.07) is 0. The van der Waals surface area contributed by atoms with Gasteiger partial charge in [0.25, 0.3) is 0 Å². The monoisotopic (exact) mass is 151 g/mol. The lowest BCUT2D eigenvalue weighted by molar-refractivity contribution is 0.356. The smallest absolute Gasteiger partial charge is 0.313 e. The molecule has 0 aromatic rings. The Balaban J connectivity index is 2.10. The Bertz CT molecular complexity index is 139. The van der Waals surface area contributed by atoms with Gasteiger partial charge in [-0.1, -0.05) is 0 Å². The molecule has 1 fully saturated rings. The van der Waals surface area contributed by atoms with Gasteiger partial charge in [-0.3, -0.25) is 0 Å². The maximum atomic E-state index is 10.1. The topological polar surface area (TPSA) is 69.6 Å². The predicted octanol–water partition coefficient (Wildman–Crippen LogP) is 0.0787. The van der Waals surface area contributed by atoms with Crippen LogP contribution in [0.25, 0.3) is 0 Å². The van der Waals surface area contributed by atoms with Crippen molar-refractivity contribution in [3.63, 3.8) is 0 Å². The first-order chi connectivity index (χ1) is 4.08. The SMILES string of the molecule is O=P(O)(O)NCC1CC1. The van der Waals surface area contributed by atoms with Crippen LogP contribution in [0.4, 0.5) is 0 Å². The number of rotatable bonds is 3. The molecular weight excluding hydrogens is 141 g/mol. The van der Waals surface area contributed by atoms with Crippen LogP contribution < -0.4 is 5.09 Å². The molecule has 0 amide bonds. The molecule has 0 aromatic heterocycles. The fourth-order valence-electron chi connectivity index (χ4n) is 0.570. The third kappa shape index (κ3) is 3.65. The average Bonchev–Trinajstić information content (AvgIpc) is 2.38. The number of hydrogen-bond donors (Lipinski definition) is 3. The van der Waals surface area contributed by atoms with Crippen LogP contribution in [0, 0.1) is 5.92 Å². The second-order valence-electron chi connectivity index (χ2n) is 2.35. The molecule has 0 radical (unpaired) electrons. The summed E-state index contributed by atoms with van der Waals surface area (Å²) in [7, 11) is -3.93. The summed E-state index contributed by atoms with van der Waals surface area (Å²) < 4.78 is 10.1. The Morgan fingerprint density at radius 3 is 2.44 bits per heavy atom. The minimum atomic E-state index is -3.93. The van der Waals surface area contributed by atoms with Crippen molar-refractivity contribution in [2.45, 2.75) is 12.8 Å². The molecule has 0 spiro atoms.